The molecule has 0 aliphatic carbocycles. The zero-order valence-electron chi connectivity index (χ0n) is 15.2. The van der Waals surface area contributed by atoms with Gasteiger partial charge in [0.05, 0.1) is 13.7 Å². The third-order valence-electron chi connectivity index (χ3n) is 5.12. The number of carbonyl (C=O) groups is 1. The van der Waals surface area contributed by atoms with Gasteiger partial charge in [0.25, 0.3) is 5.91 Å². The van der Waals surface area contributed by atoms with Crippen molar-refractivity contribution in [3.8, 4) is 5.75 Å². The zero-order valence-corrected chi connectivity index (χ0v) is 15.2. The lowest BCUT2D eigenvalue weighted by molar-refractivity contribution is -0.142. The number of amides is 1. The number of benzene rings is 1. The molecule has 2 aliphatic rings. The minimum Gasteiger partial charge on any atom is -0.497 e. The predicted molar refractivity (Wildman–Crippen MR) is 96.7 cm³/mol. The molecule has 2 atom stereocenters. The van der Waals surface area contributed by atoms with E-state index in [9.17, 15) is 4.79 Å². The molecule has 2 saturated heterocycles. The second kappa shape index (κ2) is 8.65. The first-order valence-corrected chi connectivity index (χ1v) is 9.15. The Morgan fingerprint density at radius 1 is 1.32 bits per heavy atom. The lowest BCUT2D eigenvalue weighted by Crippen LogP contribution is -2.49. The van der Waals surface area contributed by atoms with Crippen LogP contribution in [0.3, 0.4) is 0 Å². The summed E-state index contributed by atoms with van der Waals surface area (Å²) >= 11 is 0. The van der Waals surface area contributed by atoms with Crippen LogP contribution in [0.4, 0.5) is 0 Å². The van der Waals surface area contributed by atoms with Crippen LogP contribution in [0.2, 0.25) is 0 Å². The summed E-state index contributed by atoms with van der Waals surface area (Å²) in [6.07, 6.45) is 0.641. The van der Waals surface area contributed by atoms with Gasteiger partial charge < -0.3 is 19.7 Å². The fraction of sp³-hybridized carbons (Fsp3) is 0.632. The van der Waals surface area contributed by atoms with Gasteiger partial charge in [0.1, 0.15) is 11.9 Å². The standard InChI is InChI=1S/C19H29N3O3/c1-15(25-14-16-4-3-5-18(12-16)24-2)19(23)22-9-6-17(13-22)21-10-7-20-8-11-21/h3-5,12,15,17,20H,6-11,13-14H2,1-2H3. The molecule has 1 aromatic rings. The Hall–Kier alpha value is -1.63. The van der Waals surface area contributed by atoms with Gasteiger partial charge in [0, 0.05) is 45.3 Å². The van der Waals surface area contributed by atoms with Crippen molar-refractivity contribution in [2.45, 2.75) is 32.1 Å². The highest BCUT2D eigenvalue weighted by Gasteiger charge is 2.32. The molecule has 2 unspecified atom stereocenters. The number of carbonyl (C=O) groups excluding carboxylic acids is 1. The van der Waals surface area contributed by atoms with Crippen molar-refractivity contribution in [3.05, 3.63) is 29.8 Å². The summed E-state index contributed by atoms with van der Waals surface area (Å²) in [7, 11) is 1.65. The Balaban J connectivity index is 1.47. The lowest BCUT2D eigenvalue weighted by Gasteiger charge is -2.32. The Bertz CT molecular complexity index is 575. The number of nitrogens with zero attached hydrogens (tertiary/aromatic N) is 2. The number of methoxy groups -OCH3 is 1. The number of hydrogen-bond donors (Lipinski definition) is 1. The molecule has 0 saturated carbocycles. The van der Waals surface area contributed by atoms with E-state index in [2.05, 4.69) is 10.2 Å². The third kappa shape index (κ3) is 4.71. The van der Waals surface area contributed by atoms with Gasteiger partial charge in [-0.3, -0.25) is 9.69 Å². The smallest absolute Gasteiger partial charge is 0.251 e. The van der Waals surface area contributed by atoms with Crippen molar-refractivity contribution in [2.75, 3.05) is 46.4 Å². The maximum Gasteiger partial charge on any atom is 0.251 e. The van der Waals surface area contributed by atoms with Gasteiger partial charge in [-0.1, -0.05) is 12.1 Å². The Morgan fingerprint density at radius 2 is 2.12 bits per heavy atom. The summed E-state index contributed by atoms with van der Waals surface area (Å²) in [5.41, 5.74) is 1.01. The van der Waals surface area contributed by atoms with Crippen molar-refractivity contribution in [2.24, 2.45) is 0 Å². The molecule has 25 heavy (non-hydrogen) atoms. The van der Waals surface area contributed by atoms with Gasteiger partial charge in [-0.25, -0.2) is 0 Å². The van der Waals surface area contributed by atoms with Crippen molar-refractivity contribution in [1.29, 1.82) is 0 Å². The first-order valence-electron chi connectivity index (χ1n) is 9.15. The molecule has 3 rings (SSSR count). The quantitative estimate of drug-likeness (QED) is 0.835. The first kappa shape index (κ1) is 18.2. The zero-order chi connectivity index (χ0) is 17.6. The van der Waals surface area contributed by atoms with E-state index in [1.54, 1.807) is 7.11 Å². The monoisotopic (exact) mass is 347 g/mol. The number of nitrogens with one attached hydrogen (secondary N) is 1. The highest BCUT2D eigenvalue weighted by molar-refractivity contribution is 5.80. The van der Waals surface area contributed by atoms with E-state index in [4.69, 9.17) is 9.47 Å². The first-order chi connectivity index (χ1) is 12.2. The molecule has 138 valence electrons. The summed E-state index contributed by atoms with van der Waals surface area (Å²) in [6.45, 7) is 8.17. The largest absolute Gasteiger partial charge is 0.497 e. The van der Waals surface area contributed by atoms with E-state index >= 15 is 0 Å². The van der Waals surface area contributed by atoms with Crippen LogP contribution in [0.1, 0.15) is 18.9 Å². The number of hydrogen-bond acceptors (Lipinski definition) is 5. The van der Waals surface area contributed by atoms with E-state index in [-0.39, 0.29) is 5.91 Å². The third-order valence-corrected chi connectivity index (χ3v) is 5.12. The highest BCUT2D eigenvalue weighted by Crippen LogP contribution is 2.19. The predicted octanol–water partition coefficient (Wildman–Crippen LogP) is 1.11. The van der Waals surface area contributed by atoms with E-state index in [0.29, 0.717) is 12.6 Å². The van der Waals surface area contributed by atoms with Crippen LogP contribution < -0.4 is 10.1 Å². The molecule has 1 N–H and O–H groups in total. The van der Waals surface area contributed by atoms with Crippen LogP contribution in [0, 0.1) is 0 Å². The fourth-order valence-electron chi connectivity index (χ4n) is 3.60. The molecule has 0 bridgehead atoms. The molecule has 2 fully saturated rings. The second-order valence-corrected chi connectivity index (χ2v) is 6.82. The van der Waals surface area contributed by atoms with Gasteiger partial charge in [-0.15, -0.1) is 0 Å². The minimum atomic E-state index is -0.423. The molecule has 2 aliphatic heterocycles. The Morgan fingerprint density at radius 3 is 2.88 bits per heavy atom. The number of likely N-dealkylation sites (tertiary alicyclic amines) is 1. The van der Waals surface area contributed by atoms with Crippen molar-refractivity contribution in [1.82, 2.24) is 15.1 Å². The van der Waals surface area contributed by atoms with E-state index in [1.165, 1.54) is 0 Å². The average Bonchev–Trinajstić information content (AvgIpc) is 3.16. The summed E-state index contributed by atoms with van der Waals surface area (Å²) in [5, 5.41) is 3.38. The highest BCUT2D eigenvalue weighted by atomic mass is 16.5. The maximum absolute atomic E-state index is 12.7. The summed E-state index contributed by atoms with van der Waals surface area (Å²) in [5.74, 6) is 0.902. The molecule has 0 radical (unpaired) electrons. The van der Waals surface area contributed by atoms with Crippen LogP contribution in [0.15, 0.2) is 24.3 Å². The number of ether oxygens (including phenoxy) is 2. The molecule has 1 amide bonds. The summed E-state index contributed by atoms with van der Waals surface area (Å²) in [4.78, 5) is 17.1. The van der Waals surface area contributed by atoms with Gasteiger partial charge in [-0.05, 0) is 31.0 Å². The molecule has 6 heteroatoms. The number of rotatable bonds is 6. The van der Waals surface area contributed by atoms with Crippen molar-refractivity contribution in [3.63, 3.8) is 0 Å². The van der Waals surface area contributed by atoms with Gasteiger partial charge in [-0.2, -0.15) is 0 Å². The van der Waals surface area contributed by atoms with Crippen LogP contribution in [-0.4, -0.2) is 74.2 Å². The van der Waals surface area contributed by atoms with Gasteiger partial charge >= 0.3 is 0 Å². The minimum absolute atomic E-state index is 0.0977. The average molecular weight is 347 g/mol. The SMILES string of the molecule is COc1cccc(COC(C)C(=O)N2CCC(N3CCNCC3)C2)c1. The van der Waals surface area contributed by atoms with E-state index < -0.39 is 6.10 Å². The van der Waals surface area contributed by atoms with E-state index in [0.717, 1.165) is 57.0 Å². The normalized spacial score (nSPS) is 22.8. The van der Waals surface area contributed by atoms with Gasteiger partial charge in [0.2, 0.25) is 0 Å². The Labute approximate surface area is 150 Å². The fourth-order valence-corrected chi connectivity index (χ4v) is 3.60. The van der Waals surface area contributed by atoms with Crippen molar-refractivity contribution < 1.29 is 14.3 Å². The number of piperazine rings is 1. The topological polar surface area (TPSA) is 54.0 Å². The maximum atomic E-state index is 12.7. The summed E-state index contributed by atoms with van der Waals surface area (Å²) < 4.78 is 11.0. The van der Waals surface area contributed by atoms with Crippen LogP contribution >= 0.6 is 0 Å². The molecular weight excluding hydrogens is 318 g/mol. The van der Waals surface area contributed by atoms with Crippen LogP contribution in [-0.2, 0) is 16.1 Å². The summed E-state index contributed by atoms with van der Waals surface area (Å²) in [6, 6.07) is 8.25. The van der Waals surface area contributed by atoms with E-state index in [1.807, 2.05) is 36.1 Å². The molecule has 1 aromatic carbocycles. The molecular formula is C19H29N3O3. The van der Waals surface area contributed by atoms with Crippen LogP contribution in [0.5, 0.6) is 5.75 Å². The van der Waals surface area contributed by atoms with Gasteiger partial charge in [0.15, 0.2) is 0 Å². The molecule has 6 nitrogen and oxygen atoms in total. The molecule has 2 heterocycles. The van der Waals surface area contributed by atoms with Crippen molar-refractivity contribution >= 4 is 5.91 Å². The lowest BCUT2D eigenvalue weighted by atomic mass is 10.2. The Kier molecular flexibility index (Phi) is 6.29. The molecule has 0 spiro atoms. The second-order valence-electron chi connectivity index (χ2n) is 6.82. The van der Waals surface area contributed by atoms with Crippen LogP contribution in [0.25, 0.3) is 0 Å². The molecule has 0 aromatic heterocycles.